The lowest BCUT2D eigenvalue weighted by atomic mass is 10.1. The summed E-state index contributed by atoms with van der Waals surface area (Å²) in [6.45, 7) is 1.73. The van der Waals surface area contributed by atoms with Crippen molar-refractivity contribution < 1.29 is 13.9 Å². The summed E-state index contributed by atoms with van der Waals surface area (Å²) >= 11 is 5.97. The minimum Gasteiger partial charge on any atom is -0.494 e. The molecule has 8 heteroatoms. The van der Waals surface area contributed by atoms with Crippen LogP contribution in [0, 0.1) is 12.7 Å². The second-order valence-electron chi connectivity index (χ2n) is 6.75. The summed E-state index contributed by atoms with van der Waals surface area (Å²) in [5.41, 5.74) is 0.939. The molecule has 0 saturated carbocycles. The van der Waals surface area contributed by atoms with Crippen LogP contribution in [-0.2, 0) is 0 Å². The number of fused-ring (bicyclic) bond motifs is 1. The fourth-order valence-electron chi connectivity index (χ4n) is 3.37. The molecule has 1 amide bonds. The van der Waals surface area contributed by atoms with Gasteiger partial charge in [0.1, 0.15) is 17.4 Å². The quantitative estimate of drug-likeness (QED) is 0.500. The fourth-order valence-corrected chi connectivity index (χ4v) is 3.62. The highest BCUT2D eigenvalue weighted by Gasteiger charge is 2.18. The summed E-state index contributed by atoms with van der Waals surface area (Å²) in [5, 5.41) is 3.09. The van der Waals surface area contributed by atoms with Gasteiger partial charge >= 0.3 is 0 Å². The lowest BCUT2D eigenvalue weighted by Gasteiger charge is -2.15. The predicted molar refractivity (Wildman–Crippen MR) is 118 cm³/mol. The minimum absolute atomic E-state index is 0.00231. The number of methoxy groups -OCH3 is 1. The van der Waals surface area contributed by atoms with E-state index in [2.05, 4.69) is 10.3 Å². The van der Waals surface area contributed by atoms with Crippen LogP contribution in [-0.4, -0.2) is 22.6 Å². The molecule has 3 aromatic carbocycles. The predicted octanol–water partition coefficient (Wildman–Crippen LogP) is 4.75. The number of nitrogens with one attached hydrogen (secondary N) is 1. The van der Waals surface area contributed by atoms with Crippen molar-refractivity contribution in [1.29, 1.82) is 0 Å². The van der Waals surface area contributed by atoms with Gasteiger partial charge < -0.3 is 10.1 Å². The van der Waals surface area contributed by atoms with E-state index < -0.39 is 11.7 Å². The van der Waals surface area contributed by atoms with E-state index in [0.717, 1.165) is 6.07 Å². The summed E-state index contributed by atoms with van der Waals surface area (Å²) in [5.74, 6) is -0.654. The Bertz CT molecular complexity index is 1360. The third kappa shape index (κ3) is 3.75. The lowest BCUT2D eigenvalue weighted by Crippen LogP contribution is -2.22. The Morgan fingerprint density at radius 3 is 2.65 bits per heavy atom. The molecule has 0 radical (unpaired) electrons. The molecule has 0 aliphatic carbocycles. The summed E-state index contributed by atoms with van der Waals surface area (Å²) < 4.78 is 20.9. The highest BCUT2D eigenvalue weighted by atomic mass is 35.5. The number of para-hydroxylation sites is 1. The first-order valence-corrected chi connectivity index (χ1v) is 9.70. The van der Waals surface area contributed by atoms with E-state index in [1.807, 2.05) is 6.07 Å². The number of aryl methyl sites for hydroxylation is 1. The van der Waals surface area contributed by atoms with Gasteiger partial charge in [0.25, 0.3) is 11.5 Å². The van der Waals surface area contributed by atoms with Crippen molar-refractivity contribution in [3.8, 4) is 11.4 Å². The van der Waals surface area contributed by atoms with E-state index in [9.17, 15) is 14.0 Å². The summed E-state index contributed by atoms with van der Waals surface area (Å²) in [7, 11) is 1.43. The van der Waals surface area contributed by atoms with E-state index in [4.69, 9.17) is 16.3 Å². The van der Waals surface area contributed by atoms with Crippen molar-refractivity contribution in [3.05, 3.63) is 93.2 Å². The molecule has 4 aromatic rings. The molecule has 0 bridgehead atoms. The van der Waals surface area contributed by atoms with Crippen molar-refractivity contribution in [1.82, 2.24) is 9.55 Å². The molecule has 31 heavy (non-hydrogen) atoms. The van der Waals surface area contributed by atoms with Crippen molar-refractivity contribution in [2.45, 2.75) is 6.92 Å². The molecule has 156 valence electrons. The molecule has 0 spiro atoms. The molecule has 0 saturated heterocycles. The number of rotatable bonds is 4. The lowest BCUT2D eigenvalue weighted by molar-refractivity contribution is 0.102. The van der Waals surface area contributed by atoms with Gasteiger partial charge in [0, 0.05) is 6.07 Å². The summed E-state index contributed by atoms with van der Waals surface area (Å²) in [6, 6.07) is 15.9. The van der Waals surface area contributed by atoms with Gasteiger partial charge in [0.15, 0.2) is 0 Å². The minimum atomic E-state index is -0.731. The Balaban J connectivity index is 1.75. The molecule has 0 fully saturated rings. The number of carbonyl (C=O) groups is 1. The van der Waals surface area contributed by atoms with Gasteiger partial charge in [0.05, 0.1) is 40.0 Å². The number of aromatic nitrogens is 2. The van der Waals surface area contributed by atoms with Crippen molar-refractivity contribution >= 4 is 34.1 Å². The molecule has 0 aliphatic heterocycles. The molecule has 0 atom stereocenters. The van der Waals surface area contributed by atoms with E-state index in [0.29, 0.717) is 28.1 Å². The zero-order valence-electron chi connectivity index (χ0n) is 16.6. The van der Waals surface area contributed by atoms with E-state index in [1.165, 1.54) is 23.8 Å². The first-order chi connectivity index (χ1) is 14.9. The Hall–Kier alpha value is -3.71. The second-order valence-corrected chi connectivity index (χ2v) is 7.16. The number of nitrogens with zero attached hydrogens (tertiary/aromatic N) is 2. The van der Waals surface area contributed by atoms with Gasteiger partial charge in [0.2, 0.25) is 0 Å². The Morgan fingerprint density at radius 2 is 1.90 bits per heavy atom. The van der Waals surface area contributed by atoms with Crippen LogP contribution in [0.3, 0.4) is 0 Å². The third-order valence-corrected chi connectivity index (χ3v) is 5.14. The first kappa shape index (κ1) is 20.6. The smallest absolute Gasteiger partial charge is 0.265 e. The molecule has 0 aliphatic rings. The second kappa shape index (κ2) is 8.20. The number of hydrogen-bond acceptors (Lipinski definition) is 4. The number of halogens is 2. The van der Waals surface area contributed by atoms with Crippen molar-refractivity contribution in [2.75, 3.05) is 12.4 Å². The standard InChI is InChI=1S/C23H17ClFN3O3/c1-13-26-18-9-4-3-6-15(18)23(30)28(13)14-10-11-19(20(12-14)31-2)27-22(29)21-16(24)7-5-8-17(21)25/h3-12H,1-2H3,(H,27,29). The number of ether oxygens (including phenoxy) is 1. The maximum Gasteiger partial charge on any atom is 0.265 e. The van der Waals surface area contributed by atoms with E-state index in [-0.39, 0.29) is 21.9 Å². The van der Waals surface area contributed by atoms with Crippen LogP contribution in [0.2, 0.25) is 5.02 Å². The van der Waals surface area contributed by atoms with Crippen LogP contribution < -0.4 is 15.6 Å². The summed E-state index contributed by atoms with van der Waals surface area (Å²) in [6.07, 6.45) is 0. The molecule has 1 heterocycles. The van der Waals surface area contributed by atoms with Crippen molar-refractivity contribution in [2.24, 2.45) is 0 Å². The number of hydrogen-bond donors (Lipinski definition) is 1. The van der Waals surface area contributed by atoms with Gasteiger partial charge in [-0.3, -0.25) is 14.2 Å². The molecule has 1 aromatic heterocycles. The number of anilines is 1. The van der Waals surface area contributed by atoms with Crippen LogP contribution in [0.25, 0.3) is 16.6 Å². The maximum absolute atomic E-state index is 14.1. The van der Waals surface area contributed by atoms with Crippen LogP contribution in [0.4, 0.5) is 10.1 Å². The normalized spacial score (nSPS) is 10.8. The Labute approximate surface area is 181 Å². The number of benzene rings is 3. The van der Waals surface area contributed by atoms with Crippen LogP contribution in [0.15, 0.2) is 65.5 Å². The molecular weight excluding hydrogens is 421 g/mol. The van der Waals surface area contributed by atoms with Gasteiger partial charge in [-0.05, 0) is 43.3 Å². The number of carbonyl (C=O) groups excluding carboxylic acids is 1. The Morgan fingerprint density at radius 1 is 1.13 bits per heavy atom. The molecule has 6 nitrogen and oxygen atoms in total. The maximum atomic E-state index is 14.1. The zero-order valence-corrected chi connectivity index (χ0v) is 17.4. The average Bonchev–Trinajstić information content (AvgIpc) is 2.74. The Kier molecular flexibility index (Phi) is 5.44. The molecular formula is C23H17ClFN3O3. The topological polar surface area (TPSA) is 73.2 Å². The molecule has 4 rings (SSSR count). The van der Waals surface area contributed by atoms with Gasteiger partial charge in [-0.25, -0.2) is 9.37 Å². The highest BCUT2D eigenvalue weighted by Crippen LogP contribution is 2.29. The zero-order chi connectivity index (χ0) is 22.1. The largest absolute Gasteiger partial charge is 0.494 e. The SMILES string of the molecule is COc1cc(-n2c(C)nc3ccccc3c2=O)ccc1NC(=O)c1c(F)cccc1Cl. The molecule has 1 N–H and O–H groups in total. The average molecular weight is 438 g/mol. The summed E-state index contributed by atoms with van der Waals surface area (Å²) in [4.78, 5) is 30.1. The molecule has 0 unspecified atom stereocenters. The van der Waals surface area contributed by atoms with Crippen molar-refractivity contribution in [3.63, 3.8) is 0 Å². The first-order valence-electron chi connectivity index (χ1n) is 9.33. The van der Waals surface area contributed by atoms with Gasteiger partial charge in [-0.2, -0.15) is 0 Å². The monoisotopic (exact) mass is 437 g/mol. The van der Waals surface area contributed by atoms with Crippen LogP contribution >= 0.6 is 11.6 Å². The highest BCUT2D eigenvalue weighted by molar-refractivity contribution is 6.34. The third-order valence-electron chi connectivity index (χ3n) is 4.82. The van der Waals surface area contributed by atoms with E-state index in [1.54, 1.807) is 43.3 Å². The van der Waals surface area contributed by atoms with E-state index >= 15 is 0 Å². The van der Waals surface area contributed by atoms with Crippen LogP contribution in [0.5, 0.6) is 5.75 Å². The fraction of sp³-hybridized carbons (Fsp3) is 0.0870. The van der Waals surface area contributed by atoms with Gasteiger partial charge in [-0.1, -0.05) is 29.8 Å². The number of amides is 1. The van der Waals surface area contributed by atoms with Crippen LogP contribution in [0.1, 0.15) is 16.2 Å². The van der Waals surface area contributed by atoms with Gasteiger partial charge in [-0.15, -0.1) is 0 Å².